The summed E-state index contributed by atoms with van der Waals surface area (Å²) in [6.07, 6.45) is -0.640. The summed E-state index contributed by atoms with van der Waals surface area (Å²) in [7, 11) is 0. The molecule has 0 fully saturated rings. The van der Waals surface area contributed by atoms with E-state index in [1.54, 1.807) is 26.0 Å². The van der Waals surface area contributed by atoms with Crippen molar-refractivity contribution in [3.05, 3.63) is 39.9 Å². The van der Waals surface area contributed by atoms with Gasteiger partial charge in [0.25, 0.3) is 5.69 Å². The average Bonchev–Trinajstić information content (AvgIpc) is 2.39. The Kier molecular flexibility index (Phi) is 5.21. The monoisotopic (exact) mass is 281 g/mol. The van der Waals surface area contributed by atoms with Gasteiger partial charge >= 0.3 is 5.97 Å². The second kappa shape index (κ2) is 6.47. The van der Waals surface area contributed by atoms with E-state index < -0.39 is 22.4 Å². The number of esters is 1. The maximum Gasteiger partial charge on any atom is 0.314 e. The molecule has 6 nitrogen and oxygen atoms in total. The molecule has 0 aromatic heterocycles. The molecule has 0 spiro atoms. The van der Waals surface area contributed by atoms with E-state index in [-0.39, 0.29) is 18.7 Å². The highest BCUT2D eigenvalue weighted by molar-refractivity contribution is 5.77. The minimum Gasteiger partial charge on any atom is -0.465 e. The highest BCUT2D eigenvalue weighted by Gasteiger charge is 2.39. The van der Waals surface area contributed by atoms with Gasteiger partial charge in [-0.25, -0.2) is 0 Å². The highest BCUT2D eigenvalue weighted by Crippen LogP contribution is 2.29. The van der Waals surface area contributed by atoms with Gasteiger partial charge in [-0.05, 0) is 32.8 Å². The number of hydrogen-bond donors (Lipinski definition) is 1. The van der Waals surface area contributed by atoms with E-state index in [4.69, 9.17) is 4.74 Å². The number of carbonyl (C=O) groups excluding carboxylic acids is 1. The number of rotatable bonds is 6. The van der Waals surface area contributed by atoms with Crippen LogP contribution in [0.15, 0.2) is 24.3 Å². The predicted molar refractivity (Wildman–Crippen MR) is 73.2 cm³/mol. The van der Waals surface area contributed by atoms with Gasteiger partial charge in [0.15, 0.2) is 0 Å². The summed E-state index contributed by atoms with van der Waals surface area (Å²) in [4.78, 5) is 22.1. The van der Waals surface area contributed by atoms with E-state index >= 15 is 0 Å². The lowest BCUT2D eigenvalue weighted by molar-refractivity contribution is -0.384. The van der Waals surface area contributed by atoms with E-state index in [1.165, 1.54) is 19.1 Å². The number of ether oxygens (including phenoxy) is 1. The molecule has 0 aliphatic rings. The van der Waals surface area contributed by atoms with Crippen LogP contribution < -0.4 is 0 Å². The first-order chi connectivity index (χ1) is 9.31. The lowest BCUT2D eigenvalue weighted by atomic mass is 9.79. The van der Waals surface area contributed by atoms with Crippen molar-refractivity contribution in [2.24, 2.45) is 5.41 Å². The molecule has 110 valence electrons. The molecule has 0 bridgehead atoms. The standard InChI is InChI=1S/C14H19NO5/c1-4-20-13(17)14(3,10(2)16)9-11-5-7-12(8-6-11)15(18)19/h5-8,10,16H,4,9H2,1-3H3. The molecule has 0 aliphatic carbocycles. The highest BCUT2D eigenvalue weighted by atomic mass is 16.6. The normalized spacial score (nSPS) is 15.2. The molecule has 0 saturated heterocycles. The molecule has 1 aromatic carbocycles. The van der Waals surface area contributed by atoms with Crippen LogP contribution in [0.3, 0.4) is 0 Å². The molecule has 0 aliphatic heterocycles. The number of hydrogen-bond acceptors (Lipinski definition) is 5. The Labute approximate surface area is 117 Å². The minimum atomic E-state index is -1.08. The molecule has 1 rings (SSSR count). The summed E-state index contributed by atoms with van der Waals surface area (Å²) < 4.78 is 5.00. The predicted octanol–water partition coefficient (Wildman–Crippen LogP) is 2.09. The molecular formula is C14H19NO5. The van der Waals surface area contributed by atoms with E-state index in [9.17, 15) is 20.0 Å². The summed E-state index contributed by atoms with van der Waals surface area (Å²) in [6, 6.07) is 5.92. The van der Waals surface area contributed by atoms with Gasteiger partial charge in [0.05, 0.1) is 23.0 Å². The molecule has 1 N–H and O–H groups in total. The SMILES string of the molecule is CCOC(=O)C(C)(Cc1ccc([N+](=O)[O-])cc1)C(C)O. The van der Waals surface area contributed by atoms with E-state index in [0.717, 1.165) is 5.56 Å². The summed E-state index contributed by atoms with van der Waals surface area (Å²) >= 11 is 0. The molecule has 0 saturated carbocycles. The van der Waals surface area contributed by atoms with Gasteiger partial charge in [0.2, 0.25) is 0 Å². The van der Waals surface area contributed by atoms with Crippen molar-refractivity contribution in [3.63, 3.8) is 0 Å². The van der Waals surface area contributed by atoms with Crippen LogP contribution in [0.25, 0.3) is 0 Å². The van der Waals surface area contributed by atoms with Crippen LogP contribution in [-0.2, 0) is 16.0 Å². The Hall–Kier alpha value is -1.95. The van der Waals surface area contributed by atoms with E-state index in [2.05, 4.69) is 0 Å². The van der Waals surface area contributed by atoms with Crippen molar-refractivity contribution in [3.8, 4) is 0 Å². The molecule has 0 amide bonds. The van der Waals surface area contributed by atoms with Crippen LogP contribution in [0.5, 0.6) is 0 Å². The fourth-order valence-corrected chi connectivity index (χ4v) is 1.85. The van der Waals surface area contributed by atoms with E-state index in [1.807, 2.05) is 0 Å². The number of nitro groups is 1. The maximum absolute atomic E-state index is 12.0. The van der Waals surface area contributed by atoms with Crippen molar-refractivity contribution in [1.29, 1.82) is 0 Å². The van der Waals surface area contributed by atoms with Gasteiger partial charge in [-0.1, -0.05) is 12.1 Å². The van der Waals surface area contributed by atoms with Crippen LogP contribution in [0.1, 0.15) is 26.3 Å². The maximum atomic E-state index is 12.0. The third-order valence-electron chi connectivity index (χ3n) is 3.38. The molecule has 1 aromatic rings. The summed E-state index contributed by atoms with van der Waals surface area (Å²) in [5, 5.41) is 20.5. The van der Waals surface area contributed by atoms with E-state index in [0.29, 0.717) is 0 Å². The van der Waals surface area contributed by atoms with Crippen molar-refractivity contribution < 1.29 is 19.6 Å². The van der Waals surface area contributed by atoms with Gasteiger partial charge in [0, 0.05) is 12.1 Å². The molecule has 20 heavy (non-hydrogen) atoms. The van der Waals surface area contributed by atoms with Crippen LogP contribution >= 0.6 is 0 Å². The zero-order valence-electron chi connectivity index (χ0n) is 11.8. The summed E-state index contributed by atoms with van der Waals surface area (Å²) in [6.45, 7) is 5.09. The smallest absolute Gasteiger partial charge is 0.314 e. The number of non-ortho nitro benzene ring substituents is 1. The first kappa shape index (κ1) is 16.1. The number of aliphatic hydroxyl groups excluding tert-OH is 1. The van der Waals surface area contributed by atoms with Gasteiger partial charge < -0.3 is 9.84 Å². The van der Waals surface area contributed by atoms with Crippen LogP contribution in [-0.4, -0.2) is 28.7 Å². The molecule has 0 heterocycles. The Morgan fingerprint density at radius 2 is 2.00 bits per heavy atom. The fraction of sp³-hybridized carbons (Fsp3) is 0.500. The van der Waals surface area contributed by atoms with Crippen molar-refractivity contribution in [2.75, 3.05) is 6.61 Å². The van der Waals surface area contributed by atoms with Crippen LogP contribution in [0, 0.1) is 15.5 Å². The molecule has 0 radical (unpaired) electrons. The van der Waals surface area contributed by atoms with Gasteiger partial charge in [-0.3, -0.25) is 14.9 Å². The lowest BCUT2D eigenvalue weighted by Crippen LogP contribution is -2.41. The number of nitro benzene ring substituents is 1. The molecular weight excluding hydrogens is 262 g/mol. The molecule has 2 unspecified atom stereocenters. The summed E-state index contributed by atoms with van der Waals surface area (Å²) in [5.74, 6) is -0.478. The number of benzene rings is 1. The number of aliphatic hydroxyl groups is 1. The first-order valence-corrected chi connectivity index (χ1v) is 6.40. The van der Waals surface area contributed by atoms with Gasteiger partial charge in [-0.2, -0.15) is 0 Å². The molecule has 2 atom stereocenters. The summed E-state index contributed by atoms with van der Waals surface area (Å²) in [5.41, 5.74) is -0.359. The Bertz CT molecular complexity index is 483. The fourth-order valence-electron chi connectivity index (χ4n) is 1.85. The number of nitrogens with zero attached hydrogens (tertiary/aromatic N) is 1. The quantitative estimate of drug-likeness (QED) is 0.490. The topological polar surface area (TPSA) is 89.7 Å². The molecule has 6 heteroatoms. The Morgan fingerprint density at radius 3 is 2.40 bits per heavy atom. The lowest BCUT2D eigenvalue weighted by Gasteiger charge is -2.30. The zero-order chi connectivity index (χ0) is 15.3. The number of carbonyl (C=O) groups is 1. The third-order valence-corrected chi connectivity index (χ3v) is 3.38. The third kappa shape index (κ3) is 3.54. The minimum absolute atomic E-state index is 0.0105. The largest absolute Gasteiger partial charge is 0.465 e. The Morgan fingerprint density at radius 1 is 1.45 bits per heavy atom. The van der Waals surface area contributed by atoms with Gasteiger partial charge in [0.1, 0.15) is 0 Å². The average molecular weight is 281 g/mol. The first-order valence-electron chi connectivity index (χ1n) is 6.40. The van der Waals surface area contributed by atoms with Crippen molar-refractivity contribution in [1.82, 2.24) is 0 Å². The second-order valence-corrected chi connectivity index (χ2v) is 4.91. The van der Waals surface area contributed by atoms with Crippen molar-refractivity contribution in [2.45, 2.75) is 33.3 Å². The van der Waals surface area contributed by atoms with Crippen molar-refractivity contribution >= 4 is 11.7 Å². The van der Waals surface area contributed by atoms with Crippen LogP contribution in [0.4, 0.5) is 5.69 Å². The zero-order valence-corrected chi connectivity index (χ0v) is 11.8. The van der Waals surface area contributed by atoms with Crippen LogP contribution in [0.2, 0.25) is 0 Å². The second-order valence-electron chi connectivity index (χ2n) is 4.91. The van der Waals surface area contributed by atoms with Gasteiger partial charge in [-0.15, -0.1) is 0 Å². The Balaban J connectivity index is 2.96.